The topological polar surface area (TPSA) is 70.7 Å². The van der Waals surface area contributed by atoms with Gasteiger partial charge < -0.3 is 20.3 Å². The Bertz CT molecular complexity index is 1070. The average molecular weight is 430 g/mol. The van der Waals surface area contributed by atoms with Gasteiger partial charge in [-0.05, 0) is 41.8 Å². The predicted octanol–water partition coefficient (Wildman–Crippen LogP) is 4.61. The van der Waals surface area contributed by atoms with E-state index >= 15 is 0 Å². The molecular formula is C26H27N3O3. The lowest BCUT2D eigenvalue weighted by Crippen LogP contribution is -2.27. The van der Waals surface area contributed by atoms with Crippen molar-refractivity contribution in [2.75, 3.05) is 24.3 Å². The molecule has 4 rings (SSSR count). The number of anilines is 2. The lowest BCUT2D eigenvalue weighted by atomic mass is 10.1. The van der Waals surface area contributed by atoms with Crippen LogP contribution in [-0.4, -0.2) is 30.4 Å². The molecule has 0 bridgehead atoms. The van der Waals surface area contributed by atoms with Gasteiger partial charge in [-0.15, -0.1) is 0 Å². The first-order chi connectivity index (χ1) is 15.6. The number of likely N-dealkylation sites (tertiary alicyclic amines) is 1. The summed E-state index contributed by atoms with van der Waals surface area (Å²) < 4.78 is 5.25. The van der Waals surface area contributed by atoms with E-state index in [9.17, 15) is 9.59 Å². The maximum atomic E-state index is 13.2. The Morgan fingerprint density at radius 3 is 2.47 bits per heavy atom. The predicted molar refractivity (Wildman–Crippen MR) is 126 cm³/mol. The molecule has 164 valence electrons. The Balaban J connectivity index is 1.49. The number of nitrogens with zero attached hydrogens (tertiary/aromatic N) is 1. The highest BCUT2D eigenvalue weighted by atomic mass is 16.5. The summed E-state index contributed by atoms with van der Waals surface area (Å²) >= 11 is 0. The lowest BCUT2D eigenvalue weighted by Gasteiger charge is -2.21. The van der Waals surface area contributed by atoms with Crippen LogP contribution in [0.25, 0.3) is 0 Å². The van der Waals surface area contributed by atoms with Crippen LogP contribution in [0.5, 0.6) is 5.75 Å². The number of ether oxygens (including phenoxy) is 1. The quantitative estimate of drug-likeness (QED) is 0.549. The highest BCUT2D eigenvalue weighted by Crippen LogP contribution is 2.24. The van der Waals surface area contributed by atoms with Crippen LogP contribution in [0.4, 0.5) is 11.4 Å². The van der Waals surface area contributed by atoms with E-state index in [-0.39, 0.29) is 11.8 Å². The minimum Gasteiger partial charge on any atom is -0.497 e. The summed E-state index contributed by atoms with van der Waals surface area (Å²) in [5, 5.41) is 6.32. The molecule has 6 heteroatoms. The van der Waals surface area contributed by atoms with Gasteiger partial charge in [0.25, 0.3) is 5.91 Å². The monoisotopic (exact) mass is 429 g/mol. The third-order valence-electron chi connectivity index (χ3n) is 5.54. The van der Waals surface area contributed by atoms with E-state index in [1.54, 1.807) is 13.2 Å². The zero-order valence-electron chi connectivity index (χ0n) is 18.1. The zero-order chi connectivity index (χ0) is 22.3. The largest absolute Gasteiger partial charge is 0.497 e. The molecule has 1 unspecified atom stereocenters. The van der Waals surface area contributed by atoms with Gasteiger partial charge in [0, 0.05) is 37.0 Å². The van der Waals surface area contributed by atoms with E-state index in [2.05, 4.69) is 10.6 Å². The van der Waals surface area contributed by atoms with Gasteiger partial charge in [0.05, 0.1) is 7.11 Å². The fraction of sp³-hybridized carbons (Fsp3) is 0.231. The van der Waals surface area contributed by atoms with Crippen molar-refractivity contribution in [3.63, 3.8) is 0 Å². The Morgan fingerprint density at radius 1 is 1.00 bits per heavy atom. The van der Waals surface area contributed by atoms with E-state index in [1.165, 1.54) is 0 Å². The Morgan fingerprint density at radius 2 is 1.78 bits per heavy atom. The molecule has 1 aliphatic heterocycles. The highest BCUT2D eigenvalue weighted by Gasteiger charge is 2.22. The van der Waals surface area contributed by atoms with Crippen molar-refractivity contribution >= 4 is 23.2 Å². The lowest BCUT2D eigenvalue weighted by molar-refractivity contribution is -0.128. The average Bonchev–Trinajstić information content (AvgIpc) is 3.23. The fourth-order valence-corrected chi connectivity index (χ4v) is 3.83. The minimum atomic E-state index is -0.576. The summed E-state index contributed by atoms with van der Waals surface area (Å²) in [7, 11) is 1.60. The van der Waals surface area contributed by atoms with Gasteiger partial charge in [0.2, 0.25) is 5.91 Å². The smallest absolute Gasteiger partial charge is 0.251 e. The molecule has 1 saturated heterocycles. The molecule has 1 fully saturated rings. The van der Waals surface area contributed by atoms with Crippen LogP contribution < -0.4 is 15.4 Å². The molecule has 1 heterocycles. The molecule has 3 aromatic carbocycles. The number of carbonyl (C=O) groups is 2. The third kappa shape index (κ3) is 5.27. The van der Waals surface area contributed by atoms with E-state index in [0.29, 0.717) is 24.4 Å². The van der Waals surface area contributed by atoms with Crippen LogP contribution in [0.3, 0.4) is 0 Å². The van der Waals surface area contributed by atoms with Gasteiger partial charge in [-0.2, -0.15) is 0 Å². The van der Waals surface area contributed by atoms with E-state index < -0.39 is 6.04 Å². The van der Waals surface area contributed by atoms with Gasteiger partial charge in [-0.3, -0.25) is 9.59 Å². The molecule has 2 amide bonds. The maximum absolute atomic E-state index is 13.2. The Hall–Kier alpha value is -3.80. The summed E-state index contributed by atoms with van der Waals surface area (Å²) in [4.78, 5) is 27.0. The van der Waals surface area contributed by atoms with E-state index in [4.69, 9.17) is 4.74 Å². The number of carbonyl (C=O) groups excluding carboxylic acids is 2. The molecular weight excluding hydrogens is 402 g/mol. The summed E-state index contributed by atoms with van der Waals surface area (Å²) in [5.74, 6) is 0.723. The maximum Gasteiger partial charge on any atom is 0.251 e. The molecule has 0 spiro atoms. The van der Waals surface area contributed by atoms with Crippen molar-refractivity contribution in [2.24, 2.45) is 0 Å². The second-order valence-corrected chi connectivity index (χ2v) is 7.83. The third-order valence-corrected chi connectivity index (χ3v) is 5.54. The van der Waals surface area contributed by atoms with Gasteiger partial charge in [0.1, 0.15) is 11.8 Å². The molecule has 2 N–H and O–H groups in total. The van der Waals surface area contributed by atoms with Gasteiger partial charge in [-0.1, -0.05) is 48.5 Å². The molecule has 0 aliphatic carbocycles. The second kappa shape index (κ2) is 10.0. The number of hydrogen-bond donors (Lipinski definition) is 2. The number of methoxy groups -OCH3 is 1. The molecule has 32 heavy (non-hydrogen) atoms. The SMILES string of the molecule is COc1cccc(NC(=O)C(Nc2ccc(CN3CCCC3=O)cc2)c2ccccc2)c1. The van der Waals surface area contributed by atoms with Crippen molar-refractivity contribution in [3.8, 4) is 5.75 Å². The molecule has 0 radical (unpaired) electrons. The number of amides is 2. The summed E-state index contributed by atoms with van der Waals surface area (Å²) in [5.41, 5.74) is 3.43. The van der Waals surface area contributed by atoms with Crippen molar-refractivity contribution in [3.05, 3.63) is 90.0 Å². The normalized spacial score (nSPS) is 14.2. The van der Waals surface area contributed by atoms with E-state index in [0.717, 1.165) is 29.8 Å². The van der Waals surface area contributed by atoms with Gasteiger partial charge >= 0.3 is 0 Å². The molecule has 0 aromatic heterocycles. The summed E-state index contributed by atoms with van der Waals surface area (Å²) in [6, 6.07) is 24.2. The van der Waals surface area contributed by atoms with Crippen LogP contribution in [0.1, 0.15) is 30.0 Å². The number of hydrogen-bond acceptors (Lipinski definition) is 4. The molecule has 6 nitrogen and oxygen atoms in total. The first-order valence-corrected chi connectivity index (χ1v) is 10.8. The number of benzene rings is 3. The molecule has 3 aromatic rings. The van der Waals surface area contributed by atoms with Crippen LogP contribution >= 0.6 is 0 Å². The van der Waals surface area contributed by atoms with Gasteiger partial charge in [-0.25, -0.2) is 0 Å². The van der Waals surface area contributed by atoms with Crippen LogP contribution in [0.15, 0.2) is 78.9 Å². The van der Waals surface area contributed by atoms with Crippen LogP contribution in [0.2, 0.25) is 0 Å². The fourth-order valence-electron chi connectivity index (χ4n) is 3.83. The summed E-state index contributed by atoms with van der Waals surface area (Å²) in [6.07, 6.45) is 1.57. The highest BCUT2D eigenvalue weighted by molar-refractivity contribution is 5.97. The number of rotatable bonds is 8. The molecule has 1 atom stereocenters. The number of nitrogens with one attached hydrogen (secondary N) is 2. The zero-order valence-corrected chi connectivity index (χ0v) is 18.1. The minimum absolute atomic E-state index is 0.170. The molecule has 1 aliphatic rings. The first-order valence-electron chi connectivity index (χ1n) is 10.8. The summed E-state index contributed by atoms with van der Waals surface area (Å²) in [6.45, 7) is 1.44. The Kier molecular flexibility index (Phi) is 6.70. The molecule has 0 saturated carbocycles. The van der Waals surface area contributed by atoms with Crippen LogP contribution in [0, 0.1) is 0 Å². The van der Waals surface area contributed by atoms with Crippen molar-refractivity contribution in [1.29, 1.82) is 0 Å². The Labute approximate surface area is 188 Å². The first kappa shape index (κ1) is 21.4. The van der Waals surface area contributed by atoms with Crippen LogP contribution in [-0.2, 0) is 16.1 Å². The second-order valence-electron chi connectivity index (χ2n) is 7.83. The van der Waals surface area contributed by atoms with Crippen molar-refractivity contribution in [1.82, 2.24) is 4.90 Å². The standard InChI is InChI=1S/C26H27N3O3/c1-32-23-10-5-9-22(17-23)28-26(31)25(20-7-3-2-4-8-20)27-21-14-12-19(13-15-21)18-29-16-6-11-24(29)30/h2-5,7-10,12-15,17,25,27H,6,11,16,18H2,1H3,(H,28,31). The van der Waals surface area contributed by atoms with Crippen molar-refractivity contribution in [2.45, 2.75) is 25.4 Å². The van der Waals surface area contributed by atoms with E-state index in [1.807, 2.05) is 77.7 Å². The van der Waals surface area contributed by atoms with Crippen molar-refractivity contribution < 1.29 is 14.3 Å². The van der Waals surface area contributed by atoms with Gasteiger partial charge in [0.15, 0.2) is 0 Å².